The van der Waals surface area contributed by atoms with Crippen molar-refractivity contribution in [2.45, 2.75) is 45.4 Å². The third-order valence-corrected chi connectivity index (χ3v) is 11.8. The van der Waals surface area contributed by atoms with Crippen molar-refractivity contribution in [1.29, 1.82) is 0 Å². The third-order valence-electron chi connectivity index (χ3n) is 11.8. The van der Waals surface area contributed by atoms with Crippen LogP contribution >= 0.6 is 0 Å². The fourth-order valence-electron chi connectivity index (χ4n) is 8.38. The van der Waals surface area contributed by atoms with E-state index in [4.69, 9.17) is 9.72 Å². The summed E-state index contributed by atoms with van der Waals surface area (Å²) in [5, 5.41) is 2.23. The Balaban J connectivity index is 0.00000264. The second kappa shape index (κ2) is 16.8. The molecule has 0 amide bonds. The minimum Gasteiger partial charge on any atom is -0.509 e. The summed E-state index contributed by atoms with van der Waals surface area (Å²) in [4.78, 5) is 9.35. The number of ether oxygens (including phenoxy) is 1. The average Bonchev–Trinajstić information content (AvgIpc) is 3.83. The first-order chi connectivity index (χ1) is 29.1. The quantitative estimate of drug-likeness (QED) is 0.142. The van der Waals surface area contributed by atoms with E-state index >= 15 is 0 Å². The van der Waals surface area contributed by atoms with Gasteiger partial charge in [-0.25, -0.2) is 4.98 Å². The normalized spacial score (nSPS) is 12.5. The predicted molar refractivity (Wildman–Crippen MR) is 253 cm³/mol. The number of benzene rings is 7. The van der Waals surface area contributed by atoms with Crippen LogP contribution in [0.15, 0.2) is 176 Å². The minimum absolute atomic E-state index is 0. The van der Waals surface area contributed by atoms with E-state index < -0.39 is 0 Å². The molecule has 2 aromatic heterocycles. The summed E-state index contributed by atoms with van der Waals surface area (Å²) in [6.07, 6.45) is 1.90. The molecule has 6 heteroatoms. The Morgan fingerprint density at radius 1 is 0.548 bits per heavy atom. The van der Waals surface area contributed by atoms with Gasteiger partial charge in [0, 0.05) is 45.7 Å². The molecule has 62 heavy (non-hydrogen) atoms. The van der Waals surface area contributed by atoms with E-state index in [0.717, 1.165) is 61.5 Å². The maximum Gasteiger partial charge on any atom is 4.00 e. The van der Waals surface area contributed by atoms with Crippen LogP contribution in [-0.2, 0) is 31.9 Å². The Morgan fingerprint density at radius 2 is 1.23 bits per heavy atom. The van der Waals surface area contributed by atoms with Crippen LogP contribution in [0.2, 0.25) is 0 Å². The molecule has 0 radical (unpaired) electrons. The zero-order valence-corrected chi connectivity index (χ0v) is 38.1. The molecule has 7 aromatic carbocycles. The number of hydrogen-bond acceptors (Lipinski definition) is 4. The number of anilines is 4. The largest absolute Gasteiger partial charge is 4.00 e. The van der Waals surface area contributed by atoms with Gasteiger partial charge in [-0.15, -0.1) is 53.6 Å². The topological polar surface area (TPSA) is 33.5 Å². The molecule has 0 bridgehead atoms. The predicted octanol–water partition coefficient (Wildman–Crippen LogP) is 14.7. The van der Waals surface area contributed by atoms with Gasteiger partial charge in [0.05, 0.1) is 0 Å². The Hall–Kier alpha value is -6.42. The van der Waals surface area contributed by atoms with Crippen LogP contribution < -0.4 is 14.5 Å². The number of hydrogen-bond donors (Lipinski definition) is 0. The van der Waals surface area contributed by atoms with E-state index in [-0.39, 0.29) is 39.3 Å². The van der Waals surface area contributed by atoms with Gasteiger partial charge in [0.25, 0.3) is 0 Å². The van der Waals surface area contributed by atoms with Crippen molar-refractivity contribution in [2.24, 2.45) is 0 Å². The van der Waals surface area contributed by atoms with Gasteiger partial charge < -0.3 is 26.5 Å². The second-order valence-corrected chi connectivity index (χ2v) is 17.1. The molecule has 0 saturated heterocycles. The maximum absolute atomic E-state index is 6.81. The van der Waals surface area contributed by atoms with Crippen LogP contribution in [0.5, 0.6) is 11.5 Å². The number of aromatic nitrogens is 2. The number of para-hydroxylation sites is 3. The fraction of sp³-hybridized carbons (Fsp3) is 0.125. The van der Waals surface area contributed by atoms with E-state index in [1.807, 2.05) is 18.3 Å². The standard InChI is InChI=1S/C55H45N4O.CH3.Pt/c1-54(2,3)41-29-30-56-53(34-41)59-49-24-13-12-23-47(49)48-28-27-45(36-52(48)59)60-46-32-39(38-17-8-6-9-18-38)31-44(35-46)58-37-57(50-25-14-15-26-51(50)58)43-22-16-21-42(33-43)55(4,5)40-19-10-7-11-20-40;;/h6-34,37H,1-5H3;1H3;/q-3;-1;+4. The molecule has 0 spiro atoms. The molecule has 1 aliphatic rings. The van der Waals surface area contributed by atoms with Gasteiger partial charge in [-0.05, 0) is 75.5 Å². The second-order valence-electron chi connectivity index (χ2n) is 17.1. The first-order valence-electron chi connectivity index (χ1n) is 20.5. The number of nitrogens with zero attached hydrogens (tertiary/aromatic N) is 4. The third kappa shape index (κ3) is 7.71. The van der Waals surface area contributed by atoms with Crippen LogP contribution in [0.4, 0.5) is 22.7 Å². The Morgan fingerprint density at radius 3 is 1.98 bits per heavy atom. The van der Waals surface area contributed by atoms with Gasteiger partial charge in [-0.3, -0.25) is 0 Å². The number of pyridine rings is 1. The minimum atomic E-state index is -0.179. The molecular formula is C56H48N4OPt. The van der Waals surface area contributed by atoms with E-state index in [1.165, 1.54) is 16.7 Å². The van der Waals surface area contributed by atoms with E-state index in [9.17, 15) is 0 Å². The summed E-state index contributed by atoms with van der Waals surface area (Å²) < 4.78 is 9.01. The van der Waals surface area contributed by atoms with E-state index in [0.29, 0.717) is 11.5 Å². The SMILES string of the molecule is CC(C)(C)c1ccnc(-n2c3[c-]c(Oc4[c-]c(N5[CH-]N(c6cccc(C(C)(C)c7ccccc7)c6)c6ccccc65)cc(-c5ccccc5)c4)ccc3c3ccccc32)c1.[CH3-].[Pt+4]. The number of rotatable bonds is 8. The molecule has 0 atom stereocenters. The van der Waals surface area contributed by atoms with Crippen molar-refractivity contribution in [3.63, 3.8) is 0 Å². The summed E-state index contributed by atoms with van der Waals surface area (Å²) in [6.45, 7) is 13.4. The zero-order valence-electron chi connectivity index (χ0n) is 35.8. The fourth-order valence-corrected chi connectivity index (χ4v) is 8.38. The smallest absolute Gasteiger partial charge is 0.509 e. The molecule has 0 saturated carbocycles. The average molecular weight is 988 g/mol. The van der Waals surface area contributed by atoms with Crippen LogP contribution in [-0.4, -0.2) is 9.55 Å². The van der Waals surface area contributed by atoms with Crippen LogP contribution in [0.25, 0.3) is 38.8 Å². The van der Waals surface area contributed by atoms with E-state index in [2.05, 4.69) is 226 Å². The Kier molecular flexibility index (Phi) is 11.5. The van der Waals surface area contributed by atoms with E-state index in [1.54, 1.807) is 0 Å². The molecule has 0 fully saturated rings. The van der Waals surface area contributed by atoms with Gasteiger partial charge in [-0.1, -0.05) is 143 Å². The molecule has 1 aliphatic heterocycles. The molecule has 0 N–H and O–H groups in total. The Labute approximate surface area is 380 Å². The summed E-state index contributed by atoms with van der Waals surface area (Å²) in [5.41, 5.74) is 11.7. The van der Waals surface area contributed by atoms with Gasteiger partial charge in [0.2, 0.25) is 0 Å². The van der Waals surface area contributed by atoms with Crippen LogP contribution in [0, 0.1) is 26.2 Å². The first kappa shape index (κ1) is 42.3. The van der Waals surface area contributed by atoms with Crippen LogP contribution in [0.1, 0.15) is 51.3 Å². The molecule has 0 unspecified atom stereocenters. The summed E-state index contributed by atoms with van der Waals surface area (Å²) in [5.74, 6) is 2.04. The summed E-state index contributed by atoms with van der Waals surface area (Å²) >= 11 is 0. The molecule has 308 valence electrons. The van der Waals surface area contributed by atoms with Gasteiger partial charge in [0.15, 0.2) is 0 Å². The molecular weight excluding hydrogens is 940 g/mol. The Bertz CT molecular complexity index is 3020. The summed E-state index contributed by atoms with van der Waals surface area (Å²) in [6, 6.07) is 67.0. The van der Waals surface area contributed by atoms with Gasteiger partial charge in [0.1, 0.15) is 5.82 Å². The van der Waals surface area contributed by atoms with Crippen molar-refractivity contribution in [1.82, 2.24) is 9.55 Å². The number of fused-ring (bicyclic) bond motifs is 4. The van der Waals surface area contributed by atoms with Crippen molar-refractivity contribution in [2.75, 3.05) is 9.80 Å². The zero-order chi connectivity index (χ0) is 41.0. The first-order valence-corrected chi connectivity index (χ1v) is 20.5. The molecule has 9 aromatic rings. The van der Waals surface area contributed by atoms with Crippen molar-refractivity contribution < 1.29 is 25.8 Å². The van der Waals surface area contributed by atoms with Gasteiger partial charge >= 0.3 is 21.1 Å². The molecule has 0 aliphatic carbocycles. The monoisotopic (exact) mass is 987 g/mol. The van der Waals surface area contributed by atoms with Crippen LogP contribution in [0.3, 0.4) is 0 Å². The van der Waals surface area contributed by atoms with Crippen molar-refractivity contribution >= 4 is 44.6 Å². The van der Waals surface area contributed by atoms with Crippen molar-refractivity contribution in [3.05, 3.63) is 219 Å². The maximum atomic E-state index is 6.81. The van der Waals surface area contributed by atoms with Gasteiger partial charge in [-0.2, -0.15) is 6.07 Å². The molecule has 3 heterocycles. The van der Waals surface area contributed by atoms with Crippen molar-refractivity contribution in [3.8, 4) is 28.4 Å². The summed E-state index contributed by atoms with van der Waals surface area (Å²) in [7, 11) is 0. The molecule has 5 nitrogen and oxygen atoms in total. The molecule has 10 rings (SSSR count).